The highest BCUT2D eigenvalue weighted by Gasteiger charge is 2.24. The van der Waals surface area contributed by atoms with E-state index in [4.69, 9.17) is 4.74 Å². The van der Waals surface area contributed by atoms with E-state index in [-0.39, 0.29) is 11.9 Å². The number of benzene rings is 1. The first kappa shape index (κ1) is 11.6. The van der Waals surface area contributed by atoms with Gasteiger partial charge in [0.15, 0.2) is 0 Å². The lowest BCUT2D eigenvalue weighted by Gasteiger charge is -2.06. The fourth-order valence-corrected chi connectivity index (χ4v) is 1.91. The van der Waals surface area contributed by atoms with Crippen molar-refractivity contribution >= 4 is 21.8 Å². The molecule has 0 saturated carbocycles. The highest BCUT2D eigenvalue weighted by Crippen LogP contribution is 2.23. The van der Waals surface area contributed by atoms with E-state index in [0.29, 0.717) is 28.5 Å². The number of nitrogens with zero attached hydrogens (tertiary/aromatic N) is 1. The van der Waals surface area contributed by atoms with Gasteiger partial charge in [0, 0.05) is 0 Å². The lowest BCUT2D eigenvalue weighted by Crippen LogP contribution is -2.13. The van der Waals surface area contributed by atoms with E-state index < -0.39 is 0 Å². The Balaban J connectivity index is 2.32. The Hall–Kier alpha value is -0.900. The van der Waals surface area contributed by atoms with Gasteiger partial charge in [-0.1, -0.05) is 19.9 Å². The van der Waals surface area contributed by atoms with Crippen LogP contribution in [0.15, 0.2) is 27.7 Å². The van der Waals surface area contributed by atoms with E-state index in [0.717, 1.165) is 0 Å². The molecule has 1 aromatic rings. The monoisotopic (exact) mass is 285 g/mol. The molecule has 16 heavy (non-hydrogen) atoms. The second-order valence-electron chi connectivity index (χ2n) is 4.16. The number of aliphatic imine (C=N–C) groups is 1. The molecule has 1 aliphatic heterocycles. The number of rotatable bonds is 2. The van der Waals surface area contributed by atoms with Gasteiger partial charge in [-0.2, -0.15) is 0 Å². The smallest absolute Gasteiger partial charge is 0.219 e. The number of hydrogen-bond acceptors (Lipinski definition) is 2. The molecule has 0 radical (unpaired) electrons. The molecule has 0 spiro atoms. The van der Waals surface area contributed by atoms with Crippen molar-refractivity contribution in [3.05, 3.63) is 34.1 Å². The van der Waals surface area contributed by atoms with Crippen molar-refractivity contribution < 1.29 is 9.13 Å². The second-order valence-corrected chi connectivity index (χ2v) is 5.01. The van der Waals surface area contributed by atoms with Crippen LogP contribution >= 0.6 is 15.9 Å². The Morgan fingerprint density at radius 2 is 2.25 bits per heavy atom. The summed E-state index contributed by atoms with van der Waals surface area (Å²) in [5.41, 5.74) is 0.428. The Bertz CT molecular complexity index is 431. The van der Waals surface area contributed by atoms with Crippen molar-refractivity contribution in [2.75, 3.05) is 6.61 Å². The van der Waals surface area contributed by atoms with E-state index in [1.165, 1.54) is 0 Å². The van der Waals surface area contributed by atoms with Crippen LogP contribution in [0.4, 0.5) is 4.39 Å². The van der Waals surface area contributed by atoms with Gasteiger partial charge in [-0.05, 0) is 34.0 Å². The Kier molecular flexibility index (Phi) is 3.28. The standard InChI is InChI=1S/C12H13BrFNO/c1-7(2)10-6-16-12(15-10)8-4-3-5-9(13)11(8)14/h3-5,7,10H,6H2,1-2H3/t10-/m1/s1. The Labute approximate surface area is 103 Å². The topological polar surface area (TPSA) is 21.6 Å². The van der Waals surface area contributed by atoms with Crippen molar-refractivity contribution in [2.24, 2.45) is 10.9 Å². The minimum atomic E-state index is -0.314. The van der Waals surface area contributed by atoms with Gasteiger partial charge in [-0.25, -0.2) is 9.38 Å². The third kappa shape index (κ3) is 2.12. The van der Waals surface area contributed by atoms with Gasteiger partial charge in [0.25, 0.3) is 0 Å². The van der Waals surface area contributed by atoms with Crippen molar-refractivity contribution in [1.29, 1.82) is 0 Å². The van der Waals surface area contributed by atoms with Crippen LogP contribution < -0.4 is 0 Å². The molecule has 0 saturated heterocycles. The third-order valence-corrected chi connectivity index (χ3v) is 3.24. The molecular weight excluding hydrogens is 273 g/mol. The molecule has 2 rings (SSSR count). The van der Waals surface area contributed by atoms with Crippen LogP contribution in [0.5, 0.6) is 0 Å². The first-order chi connectivity index (χ1) is 7.59. The Morgan fingerprint density at radius 3 is 2.88 bits per heavy atom. The van der Waals surface area contributed by atoms with Gasteiger partial charge < -0.3 is 4.74 Å². The molecule has 0 bridgehead atoms. The summed E-state index contributed by atoms with van der Waals surface area (Å²) in [4.78, 5) is 4.39. The quantitative estimate of drug-likeness (QED) is 0.816. The van der Waals surface area contributed by atoms with Crippen LogP contribution in [0.1, 0.15) is 19.4 Å². The number of halogens is 2. The SMILES string of the molecule is CC(C)[C@H]1COC(c2cccc(Br)c2F)=N1. The molecule has 0 N–H and O–H groups in total. The molecule has 1 heterocycles. The predicted molar refractivity (Wildman–Crippen MR) is 65.2 cm³/mol. The van der Waals surface area contributed by atoms with Crippen molar-refractivity contribution in [1.82, 2.24) is 0 Å². The van der Waals surface area contributed by atoms with Crippen molar-refractivity contribution in [2.45, 2.75) is 19.9 Å². The summed E-state index contributed by atoms with van der Waals surface area (Å²) >= 11 is 3.15. The van der Waals surface area contributed by atoms with Crippen molar-refractivity contribution in [3.63, 3.8) is 0 Å². The first-order valence-corrected chi connectivity index (χ1v) is 6.04. The molecule has 0 unspecified atom stereocenters. The van der Waals surface area contributed by atoms with Crippen LogP contribution in [0.25, 0.3) is 0 Å². The van der Waals surface area contributed by atoms with Crippen LogP contribution in [-0.2, 0) is 4.74 Å². The van der Waals surface area contributed by atoms with Gasteiger partial charge in [-0.15, -0.1) is 0 Å². The van der Waals surface area contributed by atoms with Crippen LogP contribution in [0.3, 0.4) is 0 Å². The number of hydrogen-bond donors (Lipinski definition) is 0. The van der Waals surface area contributed by atoms with Gasteiger partial charge in [0.2, 0.25) is 5.90 Å². The lowest BCUT2D eigenvalue weighted by molar-refractivity contribution is 0.291. The minimum absolute atomic E-state index is 0.133. The average Bonchev–Trinajstić information content (AvgIpc) is 2.71. The van der Waals surface area contributed by atoms with Gasteiger partial charge in [0.1, 0.15) is 12.4 Å². The van der Waals surface area contributed by atoms with E-state index in [2.05, 4.69) is 34.8 Å². The second kappa shape index (κ2) is 4.53. The Morgan fingerprint density at radius 1 is 1.50 bits per heavy atom. The predicted octanol–water partition coefficient (Wildman–Crippen LogP) is 3.39. The largest absolute Gasteiger partial charge is 0.475 e. The van der Waals surface area contributed by atoms with Crippen LogP contribution in [0, 0.1) is 11.7 Å². The highest BCUT2D eigenvalue weighted by atomic mass is 79.9. The van der Waals surface area contributed by atoms with E-state index >= 15 is 0 Å². The fraction of sp³-hybridized carbons (Fsp3) is 0.417. The molecule has 2 nitrogen and oxygen atoms in total. The molecule has 1 aromatic carbocycles. The molecule has 0 aromatic heterocycles. The summed E-state index contributed by atoms with van der Waals surface area (Å²) in [5.74, 6) is 0.510. The molecule has 4 heteroatoms. The summed E-state index contributed by atoms with van der Waals surface area (Å²) in [6.45, 7) is 4.70. The van der Waals surface area contributed by atoms with Gasteiger partial charge in [0.05, 0.1) is 16.1 Å². The summed E-state index contributed by atoms with van der Waals surface area (Å²) in [6.07, 6.45) is 0. The fourth-order valence-electron chi connectivity index (χ4n) is 1.55. The van der Waals surface area contributed by atoms with Crippen LogP contribution in [-0.4, -0.2) is 18.5 Å². The minimum Gasteiger partial charge on any atom is -0.475 e. The van der Waals surface area contributed by atoms with Gasteiger partial charge >= 0.3 is 0 Å². The first-order valence-electron chi connectivity index (χ1n) is 5.24. The molecular formula is C12H13BrFNO. The van der Waals surface area contributed by atoms with E-state index in [1.54, 1.807) is 18.2 Å². The molecule has 1 aliphatic rings. The zero-order valence-electron chi connectivity index (χ0n) is 9.21. The summed E-state index contributed by atoms with van der Waals surface area (Å²) in [5, 5.41) is 0. The summed E-state index contributed by atoms with van der Waals surface area (Å²) in [6, 6.07) is 5.25. The maximum atomic E-state index is 13.8. The molecule has 1 atom stereocenters. The summed E-state index contributed by atoms with van der Waals surface area (Å²) < 4.78 is 19.6. The van der Waals surface area contributed by atoms with Crippen LogP contribution in [0.2, 0.25) is 0 Å². The average molecular weight is 286 g/mol. The maximum absolute atomic E-state index is 13.8. The summed E-state index contributed by atoms with van der Waals surface area (Å²) in [7, 11) is 0. The zero-order valence-corrected chi connectivity index (χ0v) is 10.8. The zero-order chi connectivity index (χ0) is 11.7. The molecule has 0 fully saturated rings. The molecule has 0 amide bonds. The molecule has 0 aliphatic carbocycles. The number of ether oxygens (including phenoxy) is 1. The highest BCUT2D eigenvalue weighted by molar-refractivity contribution is 9.10. The van der Waals surface area contributed by atoms with Crippen molar-refractivity contribution in [3.8, 4) is 0 Å². The lowest BCUT2D eigenvalue weighted by atomic mass is 10.1. The van der Waals surface area contributed by atoms with E-state index in [1.807, 2.05) is 0 Å². The van der Waals surface area contributed by atoms with E-state index in [9.17, 15) is 4.39 Å². The maximum Gasteiger partial charge on any atom is 0.219 e. The normalized spacial score (nSPS) is 19.8. The molecule has 86 valence electrons. The third-order valence-electron chi connectivity index (χ3n) is 2.63. The van der Waals surface area contributed by atoms with Gasteiger partial charge in [-0.3, -0.25) is 0 Å².